The zero-order valence-corrected chi connectivity index (χ0v) is 13.1. The summed E-state index contributed by atoms with van der Waals surface area (Å²) >= 11 is 1.99. The molecule has 2 rings (SSSR count). The number of hydrogen-bond acceptors (Lipinski definition) is 4. The smallest absolute Gasteiger partial charge is 0.327 e. The minimum absolute atomic E-state index is 0.0554. The van der Waals surface area contributed by atoms with Crippen molar-refractivity contribution in [2.45, 2.75) is 62.7 Å². The maximum absolute atomic E-state index is 12.3. The topological polar surface area (TPSA) is 38.3 Å². The number of carbonyl (C=O) groups is 1. The first-order valence-electron chi connectivity index (χ1n) is 7.68. The van der Waals surface area contributed by atoms with Crippen LogP contribution in [0, 0.1) is 5.92 Å². The summed E-state index contributed by atoms with van der Waals surface area (Å²) in [5.41, 5.74) is -0.425. The Kier molecular flexibility index (Phi) is 5.58. The van der Waals surface area contributed by atoms with Crippen LogP contribution in [0.1, 0.15) is 51.9 Å². The van der Waals surface area contributed by atoms with Crippen molar-refractivity contribution in [2.24, 2.45) is 5.92 Å². The van der Waals surface area contributed by atoms with Crippen LogP contribution in [-0.4, -0.2) is 36.2 Å². The number of thioether (sulfide) groups is 1. The van der Waals surface area contributed by atoms with Crippen molar-refractivity contribution in [1.29, 1.82) is 0 Å². The molecule has 4 heteroatoms. The normalized spacial score (nSPS) is 23.9. The largest absolute Gasteiger partial charge is 0.468 e. The summed E-state index contributed by atoms with van der Waals surface area (Å²) in [4.78, 5) is 12.3. The molecule has 110 valence electrons. The molecular weight excluding hydrogens is 258 g/mol. The maximum Gasteiger partial charge on any atom is 0.327 e. The van der Waals surface area contributed by atoms with Gasteiger partial charge in [0.15, 0.2) is 0 Å². The number of carbonyl (C=O) groups excluding carboxylic acids is 1. The molecule has 3 nitrogen and oxygen atoms in total. The second-order valence-corrected chi connectivity index (χ2v) is 7.13. The Balaban J connectivity index is 1.97. The van der Waals surface area contributed by atoms with Crippen LogP contribution in [0.4, 0.5) is 0 Å². The average Bonchev–Trinajstić information content (AvgIpc) is 3.28. The van der Waals surface area contributed by atoms with Gasteiger partial charge >= 0.3 is 5.97 Å². The monoisotopic (exact) mass is 285 g/mol. The van der Waals surface area contributed by atoms with Crippen molar-refractivity contribution in [2.75, 3.05) is 19.4 Å². The number of esters is 1. The second-order valence-electron chi connectivity index (χ2n) is 5.84. The fraction of sp³-hybridized carbons (Fsp3) is 0.933. The molecule has 0 aromatic carbocycles. The van der Waals surface area contributed by atoms with Gasteiger partial charge in [0.2, 0.25) is 0 Å². The van der Waals surface area contributed by atoms with Gasteiger partial charge in [0.05, 0.1) is 7.11 Å². The second kappa shape index (κ2) is 6.98. The summed E-state index contributed by atoms with van der Waals surface area (Å²) in [7, 11) is 1.52. The molecule has 2 aliphatic rings. The predicted octanol–water partition coefficient (Wildman–Crippen LogP) is 2.98. The lowest BCUT2D eigenvalue weighted by molar-refractivity contribution is -0.148. The van der Waals surface area contributed by atoms with Gasteiger partial charge in [-0.2, -0.15) is 11.8 Å². The van der Waals surface area contributed by atoms with Crippen LogP contribution in [0.3, 0.4) is 0 Å². The minimum Gasteiger partial charge on any atom is -0.468 e. The molecular formula is C15H27NO2S. The number of hydrogen-bond donors (Lipinski definition) is 1. The lowest BCUT2D eigenvalue weighted by Gasteiger charge is -2.33. The van der Waals surface area contributed by atoms with Crippen LogP contribution in [0.5, 0.6) is 0 Å². The van der Waals surface area contributed by atoms with Gasteiger partial charge in [-0.25, -0.2) is 0 Å². The van der Waals surface area contributed by atoms with Gasteiger partial charge in [-0.1, -0.05) is 26.2 Å². The van der Waals surface area contributed by atoms with E-state index in [2.05, 4.69) is 12.2 Å². The van der Waals surface area contributed by atoms with E-state index < -0.39 is 5.54 Å². The summed E-state index contributed by atoms with van der Waals surface area (Å²) in [6.07, 6.45) is 9.05. The lowest BCUT2D eigenvalue weighted by atomic mass is 9.95. The van der Waals surface area contributed by atoms with E-state index in [4.69, 9.17) is 4.74 Å². The summed E-state index contributed by atoms with van der Waals surface area (Å²) in [5.74, 6) is 1.30. The molecule has 0 spiro atoms. The fourth-order valence-electron chi connectivity index (χ4n) is 3.17. The number of rotatable bonds is 7. The van der Waals surface area contributed by atoms with Gasteiger partial charge in [0, 0.05) is 11.0 Å². The first-order chi connectivity index (χ1) is 9.23. The first kappa shape index (κ1) is 15.2. The van der Waals surface area contributed by atoms with Crippen LogP contribution < -0.4 is 5.32 Å². The van der Waals surface area contributed by atoms with Crippen molar-refractivity contribution >= 4 is 17.7 Å². The Morgan fingerprint density at radius 1 is 1.26 bits per heavy atom. The first-order valence-corrected chi connectivity index (χ1v) is 8.73. The molecule has 0 bridgehead atoms. The molecule has 0 radical (unpaired) electrons. The Hall–Kier alpha value is -0.220. The molecule has 2 aliphatic carbocycles. The summed E-state index contributed by atoms with van der Waals surface area (Å²) < 4.78 is 5.09. The Morgan fingerprint density at radius 2 is 1.95 bits per heavy atom. The highest BCUT2D eigenvalue weighted by atomic mass is 32.2. The van der Waals surface area contributed by atoms with E-state index in [0.717, 1.165) is 30.4 Å². The zero-order valence-electron chi connectivity index (χ0n) is 12.2. The van der Waals surface area contributed by atoms with Crippen LogP contribution >= 0.6 is 11.8 Å². The third-order valence-electron chi connectivity index (χ3n) is 4.42. The molecule has 0 amide bonds. The van der Waals surface area contributed by atoms with E-state index in [1.807, 2.05) is 11.8 Å². The Labute approximate surface area is 121 Å². The molecule has 2 fully saturated rings. The van der Waals surface area contributed by atoms with E-state index in [1.165, 1.54) is 39.2 Å². The average molecular weight is 285 g/mol. The van der Waals surface area contributed by atoms with Crippen molar-refractivity contribution in [3.63, 3.8) is 0 Å². The molecule has 0 heterocycles. The van der Waals surface area contributed by atoms with Crippen LogP contribution in [0.2, 0.25) is 0 Å². The molecule has 1 unspecified atom stereocenters. The van der Waals surface area contributed by atoms with Crippen molar-refractivity contribution < 1.29 is 9.53 Å². The quantitative estimate of drug-likeness (QED) is 0.730. The van der Waals surface area contributed by atoms with Gasteiger partial charge in [0.1, 0.15) is 5.54 Å². The number of likely N-dealkylation sites (N-methyl/N-ethyl adjacent to an activating group) is 1. The highest BCUT2D eigenvalue weighted by molar-refractivity contribution is 8.00. The van der Waals surface area contributed by atoms with E-state index in [0.29, 0.717) is 5.92 Å². The van der Waals surface area contributed by atoms with E-state index in [1.54, 1.807) is 0 Å². The highest BCUT2D eigenvalue weighted by Crippen LogP contribution is 2.43. The third-order valence-corrected chi connectivity index (χ3v) is 5.98. The minimum atomic E-state index is -0.425. The molecule has 0 saturated heterocycles. The lowest BCUT2D eigenvalue weighted by Crippen LogP contribution is -2.57. The summed E-state index contributed by atoms with van der Waals surface area (Å²) in [6.45, 7) is 2.90. The molecule has 1 N–H and O–H groups in total. The highest BCUT2D eigenvalue weighted by Gasteiger charge is 2.51. The third kappa shape index (κ3) is 3.66. The maximum atomic E-state index is 12.3. The van der Waals surface area contributed by atoms with Gasteiger partial charge < -0.3 is 10.1 Å². The molecule has 0 aliphatic heterocycles. The van der Waals surface area contributed by atoms with Crippen LogP contribution in [0.15, 0.2) is 0 Å². The van der Waals surface area contributed by atoms with Crippen LogP contribution in [-0.2, 0) is 9.53 Å². The van der Waals surface area contributed by atoms with E-state index in [9.17, 15) is 4.79 Å². The van der Waals surface area contributed by atoms with Crippen molar-refractivity contribution in [3.05, 3.63) is 0 Å². The van der Waals surface area contributed by atoms with E-state index in [-0.39, 0.29) is 5.97 Å². The SMILES string of the molecule is CCNC(CSC1CCCCC1)(C(=O)OC)C1CC1. The molecule has 19 heavy (non-hydrogen) atoms. The van der Waals surface area contributed by atoms with Crippen molar-refractivity contribution in [1.82, 2.24) is 5.32 Å². The summed E-state index contributed by atoms with van der Waals surface area (Å²) in [5, 5.41) is 4.20. The Morgan fingerprint density at radius 3 is 2.47 bits per heavy atom. The number of ether oxygens (including phenoxy) is 1. The summed E-state index contributed by atoms with van der Waals surface area (Å²) in [6, 6.07) is 0. The van der Waals surface area contributed by atoms with Gasteiger partial charge in [0.25, 0.3) is 0 Å². The van der Waals surface area contributed by atoms with Gasteiger partial charge in [-0.05, 0) is 38.1 Å². The van der Waals surface area contributed by atoms with E-state index >= 15 is 0 Å². The van der Waals surface area contributed by atoms with Crippen molar-refractivity contribution in [3.8, 4) is 0 Å². The molecule has 1 atom stereocenters. The van der Waals surface area contributed by atoms with Crippen LogP contribution in [0.25, 0.3) is 0 Å². The molecule has 2 saturated carbocycles. The Bertz CT molecular complexity index is 301. The van der Waals surface area contributed by atoms with Gasteiger partial charge in [-0.3, -0.25) is 4.79 Å². The molecule has 0 aromatic rings. The molecule has 0 aromatic heterocycles. The number of nitrogens with one attached hydrogen (secondary N) is 1. The zero-order chi connectivity index (χ0) is 13.7. The predicted molar refractivity (Wildman–Crippen MR) is 80.5 cm³/mol. The number of methoxy groups -OCH3 is 1. The standard InChI is InChI=1S/C15H27NO2S/c1-3-16-15(12-9-10-12,14(17)18-2)11-19-13-7-5-4-6-8-13/h12-13,16H,3-11H2,1-2H3. The fourth-order valence-corrected chi connectivity index (χ4v) is 4.79. The van der Waals surface area contributed by atoms with Gasteiger partial charge in [-0.15, -0.1) is 0 Å².